The number of methoxy groups -OCH3 is 1. The van der Waals surface area contributed by atoms with Crippen LogP contribution in [-0.4, -0.2) is 17.1 Å². The van der Waals surface area contributed by atoms with E-state index < -0.39 is 5.82 Å². The molecule has 2 aromatic heterocycles. The van der Waals surface area contributed by atoms with Gasteiger partial charge in [-0.05, 0) is 63.8 Å². The standard InChI is InChI=1S/C20H11BrFN3O2S/c1-26-16-5-3-12(9-13(16)21)19-24-15-6-7-28-18(15)20(25-19)27-17-4-2-11(10-23)8-14(17)22/h2-9H,1H3. The second kappa shape index (κ2) is 7.54. The monoisotopic (exact) mass is 455 g/mol. The second-order valence-electron chi connectivity index (χ2n) is 5.70. The summed E-state index contributed by atoms with van der Waals surface area (Å²) in [6.07, 6.45) is 0. The van der Waals surface area contributed by atoms with E-state index in [1.807, 2.05) is 29.6 Å². The molecule has 0 N–H and O–H groups in total. The molecule has 0 aliphatic carbocycles. The van der Waals surface area contributed by atoms with Gasteiger partial charge in [-0.2, -0.15) is 10.2 Å². The van der Waals surface area contributed by atoms with Crippen LogP contribution in [0.3, 0.4) is 0 Å². The number of hydrogen-bond acceptors (Lipinski definition) is 6. The van der Waals surface area contributed by atoms with Crippen LogP contribution in [0.25, 0.3) is 21.6 Å². The lowest BCUT2D eigenvalue weighted by Crippen LogP contribution is -1.96. The molecular weight excluding hydrogens is 445 g/mol. The van der Waals surface area contributed by atoms with Crippen molar-refractivity contribution in [1.29, 1.82) is 5.26 Å². The van der Waals surface area contributed by atoms with Crippen LogP contribution in [0.2, 0.25) is 0 Å². The van der Waals surface area contributed by atoms with E-state index in [9.17, 15) is 4.39 Å². The number of nitriles is 1. The average molecular weight is 456 g/mol. The Hall–Kier alpha value is -3.02. The van der Waals surface area contributed by atoms with Crippen LogP contribution in [0.5, 0.6) is 17.4 Å². The molecule has 0 saturated heterocycles. The third-order valence-electron chi connectivity index (χ3n) is 3.95. The Balaban J connectivity index is 1.80. The number of ether oxygens (including phenoxy) is 2. The zero-order valence-corrected chi connectivity index (χ0v) is 16.8. The average Bonchev–Trinajstić information content (AvgIpc) is 3.18. The molecular formula is C20H11BrFN3O2S. The Morgan fingerprint density at radius 2 is 1.93 bits per heavy atom. The lowest BCUT2D eigenvalue weighted by atomic mass is 10.2. The van der Waals surface area contributed by atoms with Crippen molar-refractivity contribution < 1.29 is 13.9 Å². The summed E-state index contributed by atoms with van der Waals surface area (Å²) < 4.78 is 26.8. The van der Waals surface area contributed by atoms with Crippen LogP contribution in [0.4, 0.5) is 4.39 Å². The number of halogens is 2. The highest BCUT2D eigenvalue weighted by Gasteiger charge is 2.15. The first-order chi connectivity index (χ1) is 13.6. The number of benzene rings is 2. The minimum atomic E-state index is -0.629. The quantitative estimate of drug-likeness (QED) is 0.381. The minimum absolute atomic E-state index is 0.00531. The molecule has 0 bridgehead atoms. The molecule has 5 nitrogen and oxygen atoms in total. The zero-order chi connectivity index (χ0) is 19.7. The summed E-state index contributed by atoms with van der Waals surface area (Å²) >= 11 is 4.86. The molecule has 0 aliphatic heterocycles. The molecule has 28 heavy (non-hydrogen) atoms. The Morgan fingerprint density at radius 3 is 2.64 bits per heavy atom. The Morgan fingerprint density at radius 1 is 1.11 bits per heavy atom. The number of rotatable bonds is 4. The number of hydrogen-bond donors (Lipinski definition) is 0. The van der Waals surface area contributed by atoms with E-state index in [1.54, 1.807) is 13.2 Å². The van der Waals surface area contributed by atoms with Crippen LogP contribution < -0.4 is 9.47 Å². The highest BCUT2D eigenvalue weighted by Crippen LogP contribution is 2.36. The number of nitrogens with zero attached hydrogens (tertiary/aromatic N) is 3. The Labute approximate surface area is 172 Å². The Kier molecular flexibility index (Phi) is 4.94. The molecule has 0 atom stereocenters. The van der Waals surface area contributed by atoms with E-state index in [2.05, 4.69) is 25.9 Å². The Bertz CT molecular complexity index is 1240. The summed E-state index contributed by atoms with van der Waals surface area (Å²) in [6, 6.07) is 13.3. The van der Waals surface area contributed by atoms with Crippen molar-refractivity contribution in [2.45, 2.75) is 0 Å². The van der Waals surface area contributed by atoms with Crippen LogP contribution >= 0.6 is 27.3 Å². The van der Waals surface area contributed by atoms with Crippen molar-refractivity contribution in [3.05, 3.63) is 63.7 Å². The van der Waals surface area contributed by atoms with Gasteiger partial charge in [-0.15, -0.1) is 11.3 Å². The molecule has 0 aliphatic rings. The lowest BCUT2D eigenvalue weighted by Gasteiger charge is -2.10. The summed E-state index contributed by atoms with van der Waals surface area (Å²) in [5.41, 5.74) is 1.68. The van der Waals surface area contributed by atoms with E-state index in [4.69, 9.17) is 14.7 Å². The summed E-state index contributed by atoms with van der Waals surface area (Å²) in [5, 5.41) is 10.8. The molecule has 138 valence electrons. The number of aromatic nitrogens is 2. The second-order valence-corrected chi connectivity index (χ2v) is 7.47. The third-order valence-corrected chi connectivity index (χ3v) is 5.46. The molecule has 8 heteroatoms. The van der Waals surface area contributed by atoms with Gasteiger partial charge in [0.15, 0.2) is 17.4 Å². The van der Waals surface area contributed by atoms with E-state index in [1.165, 1.54) is 23.5 Å². The van der Waals surface area contributed by atoms with E-state index >= 15 is 0 Å². The van der Waals surface area contributed by atoms with Gasteiger partial charge >= 0.3 is 0 Å². The number of fused-ring (bicyclic) bond motifs is 1. The van der Waals surface area contributed by atoms with E-state index in [0.717, 1.165) is 16.1 Å². The largest absolute Gasteiger partial charge is 0.496 e. The van der Waals surface area contributed by atoms with Crippen molar-refractivity contribution in [2.24, 2.45) is 0 Å². The molecule has 0 radical (unpaired) electrons. The molecule has 2 heterocycles. The molecule has 4 rings (SSSR count). The first-order valence-electron chi connectivity index (χ1n) is 8.05. The van der Waals surface area contributed by atoms with Gasteiger partial charge in [0.2, 0.25) is 5.88 Å². The fourth-order valence-corrected chi connectivity index (χ4v) is 3.89. The van der Waals surface area contributed by atoms with Gasteiger partial charge in [0.25, 0.3) is 0 Å². The maximum atomic E-state index is 14.3. The van der Waals surface area contributed by atoms with Crippen molar-refractivity contribution in [3.8, 4) is 34.8 Å². The van der Waals surface area contributed by atoms with Gasteiger partial charge in [0.1, 0.15) is 10.4 Å². The molecule has 0 unspecified atom stereocenters. The summed E-state index contributed by atoms with van der Waals surface area (Å²) in [7, 11) is 1.59. The SMILES string of the molecule is COc1ccc(-c2nc(Oc3ccc(C#N)cc3F)c3sccc3n2)cc1Br. The molecule has 0 amide bonds. The smallest absolute Gasteiger partial charge is 0.241 e. The zero-order valence-electron chi connectivity index (χ0n) is 14.4. The molecule has 4 aromatic rings. The normalized spacial score (nSPS) is 10.6. The first kappa shape index (κ1) is 18.3. The van der Waals surface area contributed by atoms with Gasteiger partial charge in [0.05, 0.1) is 28.7 Å². The van der Waals surface area contributed by atoms with Gasteiger partial charge < -0.3 is 9.47 Å². The van der Waals surface area contributed by atoms with Gasteiger partial charge in [-0.3, -0.25) is 0 Å². The summed E-state index contributed by atoms with van der Waals surface area (Å²) in [5.74, 6) is 0.755. The van der Waals surface area contributed by atoms with E-state index in [-0.39, 0.29) is 17.2 Å². The van der Waals surface area contributed by atoms with Crippen molar-refractivity contribution in [1.82, 2.24) is 9.97 Å². The maximum absolute atomic E-state index is 14.3. The maximum Gasteiger partial charge on any atom is 0.241 e. The van der Waals surface area contributed by atoms with E-state index in [0.29, 0.717) is 21.8 Å². The molecule has 0 spiro atoms. The molecule has 0 fully saturated rings. The minimum Gasteiger partial charge on any atom is -0.496 e. The van der Waals surface area contributed by atoms with Crippen molar-refractivity contribution >= 4 is 37.5 Å². The van der Waals surface area contributed by atoms with Gasteiger partial charge in [-0.25, -0.2) is 9.37 Å². The lowest BCUT2D eigenvalue weighted by molar-refractivity contribution is 0.412. The third kappa shape index (κ3) is 3.42. The number of thiophene rings is 1. The van der Waals surface area contributed by atoms with Crippen LogP contribution in [0.15, 0.2) is 52.3 Å². The van der Waals surface area contributed by atoms with Crippen molar-refractivity contribution in [2.75, 3.05) is 7.11 Å². The van der Waals surface area contributed by atoms with Gasteiger partial charge in [0, 0.05) is 5.56 Å². The van der Waals surface area contributed by atoms with Crippen LogP contribution in [-0.2, 0) is 0 Å². The van der Waals surface area contributed by atoms with Gasteiger partial charge in [-0.1, -0.05) is 0 Å². The van der Waals surface area contributed by atoms with Crippen LogP contribution in [0, 0.1) is 17.1 Å². The highest BCUT2D eigenvalue weighted by molar-refractivity contribution is 9.10. The van der Waals surface area contributed by atoms with Crippen LogP contribution in [0.1, 0.15) is 5.56 Å². The topological polar surface area (TPSA) is 68.0 Å². The molecule has 2 aromatic carbocycles. The fourth-order valence-electron chi connectivity index (χ4n) is 2.60. The predicted octanol–water partition coefficient (Wildman–Crippen LogP) is 5.93. The fraction of sp³-hybridized carbons (Fsp3) is 0.0500. The summed E-state index contributed by atoms with van der Waals surface area (Å²) in [4.78, 5) is 9.08. The van der Waals surface area contributed by atoms with Crippen molar-refractivity contribution in [3.63, 3.8) is 0 Å². The summed E-state index contributed by atoms with van der Waals surface area (Å²) in [6.45, 7) is 0. The predicted molar refractivity (Wildman–Crippen MR) is 108 cm³/mol. The molecule has 0 saturated carbocycles. The highest BCUT2D eigenvalue weighted by atomic mass is 79.9. The first-order valence-corrected chi connectivity index (χ1v) is 9.73.